The standard InChI is InChI=1S/C11H16O4/c1-14-10-3-4-11(9(7-10)8-13)15-6-2-5-12/h3-4,7,12-13H,2,5-6,8H2,1H3. The van der Waals surface area contributed by atoms with E-state index in [4.69, 9.17) is 19.7 Å². The molecule has 84 valence electrons. The van der Waals surface area contributed by atoms with E-state index >= 15 is 0 Å². The van der Waals surface area contributed by atoms with Crippen LogP contribution in [0, 0.1) is 0 Å². The fraction of sp³-hybridized carbons (Fsp3) is 0.455. The summed E-state index contributed by atoms with van der Waals surface area (Å²) < 4.78 is 10.4. The fourth-order valence-electron chi connectivity index (χ4n) is 1.19. The third-order valence-corrected chi connectivity index (χ3v) is 2.00. The van der Waals surface area contributed by atoms with E-state index in [-0.39, 0.29) is 13.2 Å². The van der Waals surface area contributed by atoms with Crippen LogP contribution in [0.25, 0.3) is 0 Å². The third-order valence-electron chi connectivity index (χ3n) is 2.00. The highest BCUT2D eigenvalue weighted by Gasteiger charge is 2.04. The Hall–Kier alpha value is -1.26. The molecule has 0 bridgehead atoms. The highest BCUT2D eigenvalue weighted by Crippen LogP contribution is 2.24. The maximum Gasteiger partial charge on any atom is 0.125 e. The Bertz CT molecular complexity index is 299. The highest BCUT2D eigenvalue weighted by atomic mass is 16.5. The van der Waals surface area contributed by atoms with Crippen molar-refractivity contribution < 1.29 is 19.7 Å². The van der Waals surface area contributed by atoms with E-state index in [1.165, 1.54) is 0 Å². The van der Waals surface area contributed by atoms with E-state index in [9.17, 15) is 0 Å². The van der Waals surface area contributed by atoms with Gasteiger partial charge in [-0.3, -0.25) is 0 Å². The first-order valence-electron chi connectivity index (χ1n) is 4.83. The number of rotatable bonds is 6. The first-order valence-corrected chi connectivity index (χ1v) is 4.83. The lowest BCUT2D eigenvalue weighted by atomic mass is 10.2. The zero-order valence-electron chi connectivity index (χ0n) is 8.77. The molecule has 0 radical (unpaired) electrons. The monoisotopic (exact) mass is 212 g/mol. The summed E-state index contributed by atoms with van der Waals surface area (Å²) in [5.74, 6) is 1.32. The van der Waals surface area contributed by atoms with Gasteiger partial charge in [0.05, 0.1) is 20.3 Å². The molecule has 0 unspecified atom stereocenters. The maximum atomic E-state index is 9.11. The van der Waals surface area contributed by atoms with Gasteiger partial charge in [-0.2, -0.15) is 0 Å². The minimum atomic E-state index is -0.0916. The second-order valence-corrected chi connectivity index (χ2v) is 3.06. The normalized spacial score (nSPS) is 10.1. The molecule has 0 saturated carbocycles. The van der Waals surface area contributed by atoms with Crippen molar-refractivity contribution in [2.24, 2.45) is 0 Å². The van der Waals surface area contributed by atoms with Crippen LogP contribution in [0.2, 0.25) is 0 Å². The van der Waals surface area contributed by atoms with Crippen LogP contribution in [0.15, 0.2) is 18.2 Å². The van der Waals surface area contributed by atoms with Gasteiger partial charge in [0.25, 0.3) is 0 Å². The molecule has 0 aliphatic heterocycles. The van der Waals surface area contributed by atoms with Crippen LogP contribution in [-0.4, -0.2) is 30.5 Å². The molecular formula is C11H16O4. The molecule has 0 aliphatic rings. The molecule has 0 spiro atoms. The molecule has 2 N–H and O–H groups in total. The molecule has 1 aromatic carbocycles. The van der Waals surface area contributed by atoms with Crippen molar-refractivity contribution in [2.45, 2.75) is 13.0 Å². The molecule has 0 saturated heterocycles. The highest BCUT2D eigenvalue weighted by molar-refractivity contribution is 5.39. The third kappa shape index (κ3) is 3.42. The van der Waals surface area contributed by atoms with Crippen LogP contribution in [0.5, 0.6) is 11.5 Å². The van der Waals surface area contributed by atoms with Crippen LogP contribution >= 0.6 is 0 Å². The second-order valence-electron chi connectivity index (χ2n) is 3.06. The Kier molecular flexibility index (Phi) is 4.93. The Morgan fingerprint density at radius 3 is 2.67 bits per heavy atom. The lowest BCUT2D eigenvalue weighted by molar-refractivity contribution is 0.225. The number of hydrogen-bond acceptors (Lipinski definition) is 4. The topological polar surface area (TPSA) is 58.9 Å². The summed E-state index contributed by atoms with van der Waals surface area (Å²) in [4.78, 5) is 0. The largest absolute Gasteiger partial charge is 0.497 e. The SMILES string of the molecule is COc1ccc(OCCCO)c(CO)c1. The van der Waals surface area contributed by atoms with E-state index in [1.54, 1.807) is 25.3 Å². The number of benzene rings is 1. The van der Waals surface area contributed by atoms with Crippen molar-refractivity contribution in [3.63, 3.8) is 0 Å². The summed E-state index contributed by atoms with van der Waals surface area (Å²) in [6, 6.07) is 5.25. The number of aliphatic hydroxyl groups excluding tert-OH is 2. The lowest BCUT2D eigenvalue weighted by Crippen LogP contribution is -2.02. The van der Waals surface area contributed by atoms with Crippen molar-refractivity contribution in [1.29, 1.82) is 0 Å². The zero-order chi connectivity index (χ0) is 11.1. The van der Waals surface area contributed by atoms with Crippen molar-refractivity contribution in [3.8, 4) is 11.5 Å². The Morgan fingerprint density at radius 2 is 2.07 bits per heavy atom. The van der Waals surface area contributed by atoms with Crippen LogP contribution in [0.4, 0.5) is 0 Å². The van der Waals surface area contributed by atoms with Gasteiger partial charge >= 0.3 is 0 Å². The summed E-state index contributed by atoms with van der Waals surface area (Å²) >= 11 is 0. The van der Waals surface area contributed by atoms with E-state index in [0.717, 1.165) is 0 Å². The predicted octanol–water partition coefficient (Wildman–Crippen LogP) is 0.949. The molecule has 15 heavy (non-hydrogen) atoms. The van der Waals surface area contributed by atoms with E-state index in [1.807, 2.05) is 0 Å². The van der Waals surface area contributed by atoms with Crippen LogP contribution in [-0.2, 0) is 6.61 Å². The molecule has 0 heterocycles. The molecule has 4 nitrogen and oxygen atoms in total. The zero-order valence-corrected chi connectivity index (χ0v) is 8.77. The van der Waals surface area contributed by atoms with Gasteiger partial charge in [-0.25, -0.2) is 0 Å². The van der Waals surface area contributed by atoms with Gasteiger partial charge in [-0.15, -0.1) is 0 Å². The number of methoxy groups -OCH3 is 1. The van der Waals surface area contributed by atoms with Gasteiger partial charge in [0, 0.05) is 18.6 Å². The number of ether oxygens (including phenoxy) is 2. The van der Waals surface area contributed by atoms with E-state index < -0.39 is 0 Å². The van der Waals surface area contributed by atoms with Gasteiger partial charge in [-0.05, 0) is 18.2 Å². The van der Waals surface area contributed by atoms with Crippen LogP contribution < -0.4 is 9.47 Å². The summed E-state index contributed by atoms with van der Waals surface area (Å²) in [7, 11) is 1.57. The van der Waals surface area contributed by atoms with Crippen molar-refractivity contribution in [2.75, 3.05) is 20.3 Å². The van der Waals surface area contributed by atoms with Crippen molar-refractivity contribution in [3.05, 3.63) is 23.8 Å². The molecule has 1 aromatic rings. The molecule has 0 fully saturated rings. The summed E-state index contributed by atoms with van der Waals surface area (Å²) in [5.41, 5.74) is 0.687. The lowest BCUT2D eigenvalue weighted by Gasteiger charge is -2.10. The fourth-order valence-corrected chi connectivity index (χ4v) is 1.19. The first-order chi connectivity index (χ1) is 7.31. The number of hydrogen-bond donors (Lipinski definition) is 2. The van der Waals surface area contributed by atoms with Crippen molar-refractivity contribution >= 4 is 0 Å². The maximum absolute atomic E-state index is 9.11. The first kappa shape index (κ1) is 11.8. The van der Waals surface area contributed by atoms with E-state index in [0.29, 0.717) is 30.1 Å². The minimum Gasteiger partial charge on any atom is -0.497 e. The Balaban J connectivity index is 2.69. The quantitative estimate of drug-likeness (QED) is 0.689. The molecule has 1 rings (SSSR count). The summed E-state index contributed by atoms with van der Waals surface area (Å²) in [6.07, 6.45) is 0.580. The van der Waals surface area contributed by atoms with Gasteiger partial charge in [-0.1, -0.05) is 0 Å². The van der Waals surface area contributed by atoms with Gasteiger partial charge in [0.1, 0.15) is 11.5 Å². The van der Waals surface area contributed by atoms with E-state index in [2.05, 4.69) is 0 Å². The molecule has 0 atom stereocenters. The predicted molar refractivity (Wildman–Crippen MR) is 56.1 cm³/mol. The molecule has 0 amide bonds. The molecule has 0 aliphatic carbocycles. The average molecular weight is 212 g/mol. The smallest absolute Gasteiger partial charge is 0.125 e. The van der Waals surface area contributed by atoms with Gasteiger partial charge in [0.2, 0.25) is 0 Å². The van der Waals surface area contributed by atoms with Gasteiger partial charge < -0.3 is 19.7 Å². The molecule has 0 aromatic heterocycles. The van der Waals surface area contributed by atoms with Crippen molar-refractivity contribution in [1.82, 2.24) is 0 Å². The Labute approximate surface area is 89.1 Å². The van der Waals surface area contributed by atoms with Crippen LogP contribution in [0.3, 0.4) is 0 Å². The van der Waals surface area contributed by atoms with Gasteiger partial charge in [0.15, 0.2) is 0 Å². The molecular weight excluding hydrogens is 196 g/mol. The second kappa shape index (κ2) is 6.27. The average Bonchev–Trinajstić information content (AvgIpc) is 2.29. The Morgan fingerprint density at radius 1 is 1.27 bits per heavy atom. The summed E-state index contributed by atoms with van der Waals surface area (Å²) in [5, 5.41) is 17.7. The molecule has 4 heteroatoms. The number of aliphatic hydroxyl groups is 2. The summed E-state index contributed by atoms with van der Waals surface area (Å²) in [6.45, 7) is 0.450. The minimum absolute atomic E-state index is 0.0916. The van der Waals surface area contributed by atoms with Crippen LogP contribution in [0.1, 0.15) is 12.0 Å².